The summed E-state index contributed by atoms with van der Waals surface area (Å²) in [6.45, 7) is 5.90. The second kappa shape index (κ2) is 10.3. The summed E-state index contributed by atoms with van der Waals surface area (Å²) in [6.07, 6.45) is 3.12. The molecular weight excluding hydrogens is 386 g/mol. The molecule has 3 rings (SSSR count). The molecule has 2 aromatic carbocycles. The molecule has 5 nitrogen and oxygen atoms in total. The Morgan fingerprint density at radius 1 is 1.24 bits per heavy atom. The summed E-state index contributed by atoms with van der Waals surface area (Å²) >= 11 is 6.09. The maximum absolute atomic E-state index is 11.6. The Morgan fingerprint density at radius 3 is 2.86 bits per heavy atom. The van der Waals surface area contributed by atoms with Gasteiger partial charge in [-0.3, -0.25) is 4.79 Å². The van der Waals surface area contributed by atoms with Gasteiger partial charge in [-0.1, -0.05) is 30.7 Å². The molecule has 0 aliphatic heterocycles. The van der Waals surface area contributed by atoms with Crippen molar-refractivity contribution in [1.29, 1.82) is 0 Å². The first-order valence-corrected chi connectivity index (χ1v) is 10.6. The fourth-order valence-electron chi connectivity index (χ4n) is 3.32. The number of fused-ring (bicyclic) bond motifs is 1. The van der Waals surface area contributed by atoms with Crippen molar-refractivity contribution in [3.63, 3.8) is 0 Å². The fourth-order valence-corrected chi connectivity index (χ4v) is 3.43. The van der Waals surface area contributed by atoms with E-state index in [1.807, 2.05) is 50.2 Å². The minimum Gasteiger partial charge on any atom is -0.492 e. The summed E-state index contributed by atoms with van der Waals surface area (Å²) in [6, 6.07) is 13.8. The van der Waals surface area contributed by atoms with Crippen LogP contribution in [-0.4, -0.2) is 28.6 Å². The lowest BCUT2D eigenvalue weighted by atomic mass is 10.2. The molecule has 1 N–H and O–H groups in total. The first kappa shape index (κ1) is 21.2. The lowest BCUT2D eigenvalue weighted by molar-refractivity contribution is -0.121. The van der Waals surface area contributed by atoms with Gasteiger partial charge in [-0.25, -0.2) is 4.98 Å². The molecule has 154 valence electrons. The Morgan fingerprint density at radius 2 is 2.07 bits per heavy atom. The van der Waals surface area contributed by atoms with Gasteiger partial charge in [0.2, 0.25) is 5.91 Å². The molecule has 0 bridgehead atoms. The normalized spacial score (nSPS) is 11.0. The van der Waals surface area contributed by atoms with Gasteiger partial charge in [0, 0.05) is 24.4 Å². The third-order valence-corrected chi connectivity index (χ3v) is 5.25. The van der Waals surface area contributed by atoms with Crippen LogP contribution in [0, 0.1) is 6.92 Å². The number of hydrogen-bond donors (Lipinski definition) is 1. The molecule has 0 unspecified atom stereocenters. The van der Waals surface area contributed by atoms with E-state index < -0.39 is 0 Å². The number of halogens is 1. The average Bonchev–Trinajstić information content (AvgIpc) is 3.06. The van der Waals surface area contributed by atoms with Gasteiger partial charge in [0.05, 0.1) is 17.6 Å². The van der Waals surface area contributed by atoms with Gasteiger partial charge >= 0.3 is 0 Å². The number of carbonyl (C=O) groups excluding carboxylic acids is 1. The van der Waals surface area contributed by atoms with Crippen LogP contribution in [0.1, 0.15) is 37.6 Å². The van der Waals surface area contributed by atoms with Gasteiger partial charge in [-0.15, -0.1) is 0 Å². The van der Waals surface area contributed by atoms with Crippen molar-refractivity contribution in [3.8, 4) is 5.75 Å². The molecule has 6 heteroatoms. The van der Waals surface area contributed by atoms with E-state index in [0.29, 0.717) is 26.1 Å². The van der Waals surface area contributed by atoms with Crippen molar-refractivity contribution < 1.29 is 9.53 Å². The van der Waals surface area contributed by atoms with Crippen LogP contribution in [0.3, 0.4) is 0 Å². The van der Waals surface area contributed by atoms with E-state index in [0.717, 1.165) is 52.5 Å². The minimum absolute atomic E-state index is 0.118. The zero-order valence-electron chi connectivity index (χ0n) is 17.1. The average molecular weight is 414 g/mol. The molecule has 0 saturated carbocycles. The topological polar surface area (TPSA) is 56.2 Å². The van der Waals surface area contributed by atoms with E-state index in [1.54, 1.807) is 0 Å². The highest BCUT2D eigenvalue weighted by Crippen LogP contribution is 2.22. The van der Waals surface area contributed by atoms with Crippen LogP contribution in [-0.2, 0) is 17.8 Å². The van der Waals surface area contributed by atoms with Crippen molar-refractivity contribution in [2.75, 3.05) is 13.2 Å². The maximum Gasteiger partial charge on any atom is 0.219 e. The van der Waals surface area contributed by atoms with Crippen molar-refractivity contribution in [3.05, 3.63) is 58.9 Å². The number of nitrogens with one attached hydrogen (secondary N) is 1. The van der Waals surface area contributed by atoms with E-state index >= 15 is 0 Å². The highest BCUT2D eigenvalue weighted by molar-refractivity contribution is 6.31. The number of imidazole rings is 1. The summed E-state index contributed by atoms with van der Waals surface area (Å²) in [5.74, 6) is 1.95. The van der Waals surface area contributed by atoms with Gasteiger partial charge in [0.1, 0.15) is 18.2 Å². The zero-order valence-corrected chi connectivity index (χ0v) is 17.8. The van der Waals surface area contributed by atoms with Gasteiger partial charge in [-0.05, 0) is 55.7 Å². The van der Waals surface area contributed by atoms with Crippen molar-refractivity contribution >= 4 is 28.5 Å². The van der Waals surface area contributed by atoms with Crippen molar-refractivity contribution in [2.45, 2.75) is 46.1 Å². The Kier molecular flexibility index (Phi) is 7.53. The predicted octanol–water partition coefficient (Wildman–Crippen LogP) is 4.93. The van der Waals surface area contributed by atoms with Crippen LogP contribution in [0.25, 0.3) is 11.0 Å². The second-order valence-corrected chi connectivity index (χ2v) is 7.54. The number of rotatable bonds is 10. The lowest BCUT2D eigenvalue weighted by Gasteiger charge is -2.12. The predicted molar refractivity (Wildman–Crippen MR) is 118 cm³/mol. The summed E-state index contributed by atoms with van der Waals surface area (Å²) in [5, 5.41) is 3.71. The number of aryl methyl sites for hydroxylation is 2. The van der Waals surface area contributed by atoms with Crippen LogP contribution in [0.2, 0.25) is 5.02 Å². The van der Waals surface area contributed by atoms with E-state index in [2.05, 4.69) is 16.0 Å². The van der Waals surface area contributed by atoms with Crippen molar-refractivity contribution in [2.24, 2.45) is 0 Å². The van der Waals surface area contributed by atoms with E-state index in [1.165, 1.54) is 0 Å². The zero-order chi connectivity index (χ0) is 20.6. The Hall–Kier alpha value is -2.53. The Balaban J connectivity index is 1.63. The molecule has 1 amide bonds. The highest BCUT2D eigenvalue weighted by Gasteiger charge is 2.11. The molecule has 0 spiro atoms. The van der Waals surface area contributed by atoms with Crippen LogP contribution in [0.4, 0.5) is 0 Å². The number of ether oxygens (including phenoxy) is 1. The molecule has 3 aromatic rings. The number of aromatic nitrogens is 2. The number of nitrogens with zero attached hydrogens (tertiary/aromatic N) is 2. The smallest absolute Gasteiger partial charge is 0.219 e. The van der Waals surface area contributed by atoms with E-state index in [-0.39, 0.29) is 5.91 Å². The third kappa shape index (κ3) is 5.73. The van der Waals surface area contributed by atoms with E-state index in [4.69, 9.17) is 21.3 Å². The number of carbonyl (C=O) groups is 1. The summed E-state index contributed by atoms with van der Waals surface area (Å²) < 4.78 is 8.15. The monoisotopic (exact) mass is 413 g/mol. The van der Waals surface area contributed by atoms with Gasteiger partial charge < -0.3 is 14.6 Å². The number of hydrogen-bond acceptors (Lipinski definition) is 3. The second-order valence-electron chi connectivity index (χ2n) is 7.13. The fraction of sp³-hybridized carbons (Fsp3) is 0.391. The molecule has 0 aliphatic rings. The first-order valence-electron chi connectivity index (χ1n) is 10.2. The summed E-state index contributed by atoms with van der Waals surface area (Å²) in [5.41, 5.74) is 3.09. The SMILES string of the molecule is CCCC(=O)NCCCc1nc2ccccc2n1CCOc1ccc(Cl)c(C)c1. The largest absolute Gasteiger partial charge is 0.492 e. The molecule has 0 saturated heterocycles. The minimum atomic E-state index is 0.118. The van der Waals surface area contributed by atoms with Crippen LogP contribution in [0.5, 0.6) is 5.75 Å². The molecule has 29 heavy (non-hydrogen) atoms. The quantitative estimate of drug-likeness (QED) is 0.479. The Labute approximate surface area is 177 Å². The van der Waals surface area contributed by atoms with Gasteiger partial charge in [0.25, 0.3) is 0 Å². The third-order valence-electron chi connectivity index (χ3n) is 4.82. The number of para-hydroxylation sites is 2. The first-order chi connectivity index (χ1) is 14.1. The van der Waals surface area contributed by atoms with E-state index in [9.17, 15) is 4.79 Å². The molecule has 1 aromatic heterocycles. The molecule has 0 aliphatic carbocycles. The van der Waals surface area contributed by atoms with Gasteiger partial charge in [-0.2, -0.15) is 0 Å². The number of amides is 1. The van der Waals surface area contributed by atoms with Gasteiger partial charge in [0.15, 0.2) is 0 Å². The molecule has 0 radical (unpaired) electrons. The molecule has 1 heterocycles. The molecule has 0 fully saturated rings. The molecular formula is C23H28ClN3O2. The summed E-state index contributed by atoms with van der Waals surface area (Å²) in [7, 11) is 0. The molecule has 0 atom stereocenters. The van der Waals surface area contributed by atoms with Crippen LogP contribution < -0.4 is 10.1 Å². The Bertz CT molecular complexity index is 968. The maximum atomic E-state index is 11.6. The summed E-state index contributed by atoms with van der Waals surface area (Å²) in [4.78, 5) is 16.4. The van der Waals surface area contributed by atoms with Crippen LogP contribution >= 0.6 is 11.6 Å². The lowest BCUT2D eigenvalue weighted by Crippen LogP contribution is -2.24. The highest BCUT2D eigenvalue weighted by atomic mass is 35.5. The van der Waals surface area contributed by atoms with Crippen LogP contribution in [0.15, 0.2) is 42.5 Å². The van der Waals surface area contributed by atoms with Crippen molar-refractivity contribution in [1.82, 2.24) is 14.9 Å². The number of benzene rings is 2. The standard InChI is InChI=1S/C23H28ClN3O2/c1-3-7-23(28)25-13-6-10-22-26-20-8-4-5-9-21(20)27(22)14-15-29-18-11-12-19(24)17(2)16-18/h4-5,8-9,11-12,16H,3,6-7,10,13-15H2,1-2H3,(H,25,28).